The van der Waals surface area contributed by atoms with Gasteiger partial charge in [0.2, 0.25) is 0 Å². The van der Waals surface area contributed by atoms with Crippen LogP contribution in [0.15, 0.2) is 33.3 Å². The van der Waals surface area contributed by atoms with Crippen LogP contribution in [0, 0.1) is 5.41 Å². The normalized spacial score (nSPS) is 10.6. The van der Waals surface area contributed by atoms with Crippen molar-refractivity contribution in [2.24, 2.45) is 5.73 Å². The predicted octanol–water partition coefficient (Wildman–Crippen LogP) is 0.812. The van der Waals surface area contributed by atoms with Gasteiger partial charge in [-0.15, -0.1) is 5.10 Å². The van der Waals surface area contributed by atoms with E-state index in [0.29, 0.717) is 22.3 Å². The van der Waals surface area contributed by atoms with Crippen LogP contribution in [-0.2, 0) is 6.54 Å². The molecular weight excluding hydrogens is 264 g/mol. The maximum Gasteiger partial charge on any atom is 0.343 e. The van der Waals surface area contributed by atoms with E-state index in [4.69, 9.17) is 11.1 Å². The van der Waals surface area contributed by atoms with Crippen LogP contribution in [0.2, 0.25) is 0 Å². The third-order valence-electron chi connectivity index (χ3n) is 2.41. The number of rotatable bonds is 5. The van der Waals surface area contributed by atoms with E-state index < -0.39 is 0 Å². The lowest BCUT2D eigenvalue weighted by Gasteiger charge is -2.04. The Bertz CT molecular complexity index is 647. The van der Waals surface area contributed by atoms with Gasteiger partial charge in [-0.25, -0.2) is 14.9 Å². The zero-order valence-electron chi connectivity index (χ0n) is 10.4. The van der Waals surface area contributed by atoms with Gasteiger partial charge in [0.05, 0.1) is 0 Å². The summed E-state index contributed by atoms with van der Waals surface area (Å²) in [6, 6.07) is 3.36. The number of pyridine rings is 1. The van der Waals surface area contributed by atoms with Crippen LogP contribution in [0.25, 0.3) is 0 Å². The lowest BCUT2D eigenvalue weighted by atomic mass is 10.2. The Morgan fingerprint density at radius 3 is 3.11 bits per heavy atom. The van der Waals surface area contributed by atoms with Crippen molar-refractivity contribution in [3.63, 3.8) is 0 Å². The Kier molecular flexibility index (Phi) is 4.00. The summed E-state index contributed by atoms with van der Waals surface area (Å²) in [6.45, 7) is 2.59. The molecule has 0 radical (unpaired) electrons. The minimum atomic E-state index is -0.230. The quantitative estimate of drug-likeness (QED) is 0.553. The van der Waals surface area contributed by atoms with Crippen molar-refractivity contribution in [2.45, 2.75) is 30.1 Å². The van der Waals surface area contributed by atoms with Gasteiger partial charge in [0.25, 0.3) is 0 Å². The molecule has 0 aromatic carbocycles. The number of nitrogens with one attached hydrogen (secondary N) is 2. The number of nitrogens with zero attached hydrogens (tertiary/aromatic N) is 3. The molecule has 2 aromatic heterocycles. The molecule has 0 aliphatic rings. The molecular formula is C11H14N6OS. The van der Waals surface area contributed by atoms with E-state index in [0.717, 1.165) is 6.42 Å². The molecule has 0 atom stereocenters. The number of hydrogen-bond acceptors (Lipinski definition) is 5. The van der Waals surface area contributed by atoms with E-state index in [2.05, 4.69) is 15.2 Å². The van der Waals surface area contributed by atoms with Crippen LogP contribution in [-0.4, -0.2) is 25.6 Å². The van der Waals surface area contributed by atoms with Crippen molar-refractivity contribution in [1.82, 2.24) is 19.7 Å². The molecule has 0 fully saturated rings. The molecule has 19 heavy (non-hydrogen) atoms. The van der Waals surface area contributed by atoms with E-state index >= 15 is 0 Å². The van der Waals surface area contributed by atoms with Crippen molar-refractivity contribution < 1.29 is 0 Å². The zero-order valence-corrected chi connectivity index (χ0v) is 11.2. The first-order valence-corrected chi connectivity index (χ1v) is 6.57. The van der Waals surface area contributed by atoms with Crippen LogP contribution < -0.4 is 11.4 Å². The third-order valence-corrected chi connectivity index (χ3v) is 3.34. The van der Waals surface area contributed by atoms with Crippen molar-refractivity contribution in [1.29, 1.82) is 5.41 Å². The highest BCUT2D eigenvalue weighted by atomic mass is 32.2. The maximum absolute atomic E-state index is 11.6. The fourth-order valence-corrected chi connectivity index (χ4v) is 2.39. The van der Waals surface area contributed by atoms with Crippen LogP contribution in [0.3, 0.4) is 0 Å². The molecule has 8 heteroatoms. The Balaban J connectivity index is 2.28. The summed E-state index contributed by atoms with van der Waals surface area (Å²) >= 11 is 1.26. The van der Waals surface area contributed by atoms with E-state index in [1.807, 2.05) is 6.92 Å². The number of H-pyrrole nitrogens is 1. The average Bonchev–Trinajstić information content (AvgIpc) is 2.72. The molecule has 0 amide bonds. The highest BCUT2D eigenvalue weighted by Crippen LogP contribution is 2.23. The number of aromatic amines is 1. The Labute approximate surface area is 113 Å². The van der Waals surface area contributed by atoms with E-state index in [1.54, 1.807) is 22.9 Å². The van der Waals surface area contributed by atoms with Gasteiger partial charge in [0, 0.05) is 18.3 Å². The number of amidine groups is 1. The molecule has 100 valence electrons. The molecule has 0 saturated heterocycles. The molecule has 0 bridgehead atoms. The second-order valence-corrected chi connectivity index (χ2v) is 4.85. The molecule has 0 aliphatic heterocycles. The first-order chi connectivity index (χ1) is 9.11. The van der Waals surface area contributed by atoms with Gasteiger partial charge in [-0.3, -0.25) is 9.98 Å². The Hall–Kier alpha value is -2.09. The average molecular weight is 278 g/mol. The summed E-state index contributed by atoms with van der Waals surface area (Å²) in [5.41, 5.74) is 5.79. The first kappa shape index (κ1) is 13.3. The molecule has 0 aliphatic carbocycles. The van der Waals surface area contributed by atoms with Gasteiger partial charge in [-0.1, -0.05) is 6.92 Å². The third kappa shape index (κ3) is 3.02. The van der Waals surface area contributed by atoms with Gasteiger partial charge in [-0.05, 0) is 30.3 Å². The van der Waals surface area contributed by atoms with E-state index in [-0.39, 0.29) is 11.5 Å². The standard InChI is InChI=1S/C11H14N6OS/c1-2-5-17-10(18)15-16-11(17)19-8-6-7(9(12)13)3-4-14-8/h3-4,6H,2,5H2,1H3,(H3,12,13)(H,15,18). The molecule has 2 rings (SSSR count). The van der Waals surface area contributed by atoms with Crippen molar-refractivity contribution in [3.8, 4) is 0 Å². The topological polar surface area (TPSA) is 113 Å². The Morgan fingerprint density at radius 2 is 2.42 bits per heavy atom. The fourth-order valence-electron chi connectivity index (χ4n) is 1.53. The lowest BCUT2D eigenvalue weighted by molar-refractivity contribution is 0.603. The zero-order chi connectivity index (χ0) is 13.8. The maximum atomic E-state index is 11.6. The highest BCUT2D eigenvalue weighted by molar-refractivity contribution is 7.99. The number of nitrogen functional groups attached to an aromatic ring is 1. The summed E-state index contributed by atoms with van der Waals surface area (Å²) in [4.78, 5) is 15.7. The fraction of sp³-hybridized carbons (Fsp3) is 0.273. The largest absolute Gasteiger partial charge is 0.384 e. The number of nitrogens with two attached hydrogens (primary N) is 1. The van der Waals surface area contributed by atoms with Gasteiger partial charge in [0.15, 0.2) is 5.16 Å². The number of hydrogen-bond donors (Lipinski definition) is 3. The van der Waals surface area contributed by atoms with Gasteiger partial charge in [0.1, 0.15) is 10.9 Å². The van der Waals surface area contributed by atoms with Gasteiger partial charge < -0.3 is 5.73 Å². The van der Waals surface area contributed by atoms with Crippen LogP contribution in [0.4, 0.5) is 0 Å². The van der Waals surface area contributed by atoms with Gasteiger partial charge >= 0.3 is 5.69 Å². The monoisotopic (exact) mass is 278 g/mol. The molecule has 0 unspecified atom stereocenters. The van der Waals surface area contributed by atoms with Crippen LogP contribution in [0.1, 0.15) is 18.9 Å². The van der Waals surface area contributed by atoms with Crippen LogP contribution >= 0.6 is 11.8 Å². The highest BCUT2D eigenvalue weighted by Gasteiger charge is 2.10. The molecule has 7 nitrogen and oxygen atoms in total. The molecule has 4 N–H and O–H groups in total. The first-order valence-electron chi connectivity index (χ1n) is 5.75. The summed E-state index contributed by atoms with van der Waals surface area (Å²) in [5.74, 6) is -0.0165. The van der Waals surface area contributed by atoms with E-state index in [9.17, 15) is 4.79 Å². The number of aromatic nitrogens is 4. The Morgan fingerprint density at radius 1 is 1.63 bits per heavy atom. The SMILES string of the molecule is CCCn1c(Sc2cc(C(=N)N)ccn2)n[nH]c1=O. The summed E-state index contributed by atoms with van der Waals surface area (Å²) in [7, 11) is 0. The summed E-state index contributed by atoms with van der Waals surface area (Å²) in [6.07, 6.45) is 2.42. The van der Waals surface area contributed by atoms with Crippen LogP contribution in [0.5, 0.6) is 0 Å². The predicted molar refractivity (Wildman–Crippen MR) is 72.5 cm³/mol. The summed E-state index contributed by atoms with van der Waals surface area (Å²) in [5, 5.41) is 15.0. The molecule has 0 saturated carbocycles. The second-order valence-electron chi connectivity index (χ2n) is 3.86. The minimum absolute atomic E-state index is 0.0165. The molecule has 0 spiro atoms. The van der Waals surface area contributed by atoms with Crippen molar-refractivity contribution in [2.75, 3.05) is 0 Å². The van der Waals surface area contributed by atoms with Crippen molar-refractivity contribution >= 4 is 17.6 Å². The second kappa shape index (κ2) is 5.70. The van der Waals surface area contributed by atoms with Crippen molar-refractivity contribution in [3.05, 3.63) is 34.4 Å². The molecule has 2 heterocycles. The van der Waals surface area contributed by atoms with E-state index in [1.165, 1.54) is 11.8 Å². The minimum Gasteiger partial charge on any atom is -0.384 e. The smallest absolute Gasteiger partial charge is 0.343 e. The summed E-state index contributed by atoms with van der Waals surface area (Å²) < 4.78 is 1.56. The lowest BCUT2D eigenvalue weighted by Crippen LogP contribution is -2.17. The van der Waals surface area contributed by atoms with Gasteiger partial charge in [-0.2, -0.15) is 0 Å². The molecule has 2 aromatic rings.